The van der Waals surface area contributed by atoms with E-state index in [9.17, 15) is 19.7 Å². The van der Waals surface area contributed by atoms with Crippen LogP contribution < -0.4 is 11.3 Å². The molecule has 0 radical (unpaired) electrons. The lowest BCUT2D eigenvalue weighted by molar-refractivity contribution is -0.0848. The van der Waals surface area contributed by atoms with Crippen molar-refractivity contribution < 1.29 is 24.4 Å². The average molecular weight is 410 g/mol. The van der Waals surface area contributed by atoms with E-state index in [1.165, 1.54) is 23.0 Å². The highest BCUT2D eigenvalue weighted by molar-refractivity contribution is 6.30. The van der Waals surface area contributed by atoms with Gasteiger partial charge >= 0.3 is 0 Å². The first-order valence-corrected chi connectivity index (χ1v) is 8.73. The lowest BCUT2D eigenvalue weighted by Crippen LogP contribution is -2.34. The number of aliphatic hydroxyl groups excluding tert-OH is 3. The Hall–Kier alpha value is -2.34. The molecule has 1 aliphatic rings. The van der Waals surface area contributed by atoms with E-state index < -0.39 is 36.5 Å². The molecule has 1 unspecified atom stereocenters. The summed E-state index contributed by atoms with van der Waals surface area (Å²) < 4.78 is 20.6. The van der Waals surface area contributed by atoms with Crippen molar-refractivity contribution in [2.24, 2.45) is 5.84 Å². The molecule has 1 saturated heterocycles. The van der Waals surface area contributed by atoms with E-state index >= 15 is 0 Å². The second-order valence-corrected chi connectivity index (χ2v) is 6.82. The van der Waals surface area contributed by atoms with E-state index in [1.807, 2.05) is 0 Å². The molecule has 6 N–H and O–H groups in total. The second kappa shape index (κ2) is 7.24. The minimum absolute atomic E-state index is 0.170. The molecule has 148 valence electrons. The molecule has 5 atom stereocenters. The first-order valence-electron chi connectivity index (χ1n) is 8.35. The number of aromatic nitrogens is 3. The predicted octanol–water partition coefficient (Wildman–Crippen LogP) is 0.862. The maximum atomic E-state index is 13.4. The summed E-state index contributed by atoms with van der Waals surface area (Å²) in [7, 11) is 0. The Morgan fingerprint density at radius 3 is 2.75 bits per heavy atom. The monoisotopic (exact) mass is 409 g/mol. The van der Waals surface area contributed by atoms with Crippen LogP contribution in [-0.2, 0) is 4.74 Å². The molecular formula is C17H17ClFN5O4. The largest absolute Gasteiger partial charge is 0.387 e. The molecule has 9 nitrogen and oxygen atoms in total. The Bertz CT molecular complexity index is 1020. The summed E-state index contributed by atoms with van der Waals surface area (Å²) in [5.41, 5.74) is 3.12. The maximum Gasteiger partial charge on any atom is 0.164 e. The molecule has 3 heterocycles. The smallest absolute Gasteiger partial charge is 0.164 e. The Morgan fingerprint density at radius 1 is 1.25 bits per heavy atom. The van der Waals surface area contributed by atoms with Crippen LogP contribution in [0.1, 0.15) is 17.9 Å². The van der Waals surface area contributed by atoms with Crippen molar-refractivity contribution in [3.8, 4) is 0 Å². The fourth-order valence-corrected chi connectivity index (χ4v) is 3.54. The Labute approximate surface area is 163 Å². The third-order valence-corrected chi connectivity index (χ3v) is 5.08. The van der Waals surface area contributed by atoms with E-state index in [0.29, 0.717) is 16.9 Å². The molecule has 1 aromatic carbocycles. The van der Waals surface area contributed by atoms with Crippen molar-refractivity contribution in [1.82, 2.24) is 14.5 Å². The summed E-state index contributed by atoms with van der Waals surface area (Å²) in [6, 6.07) is 5.36. The van der Waals surface area contributed by atoms with Crippen LogP contribution in [0.3, 0.4) is 0 Å². The summed E-state index contributed by atoms with van der Waals surface area (Å²) in [5, 5.41) is 32.0. The maximum absolute atomic E-state index is 13.4. The van der Waals surface area contributed by atoms with Gasteiger partial charge in [-0.25, -0.2) is 20.2 Å². The number of aliphatic hydroxyl groups is 3. The topological polar surface area (TPSA) is 139 Å². The predicted molar refractivity (Wildman–Crippen MR) is 97.6 cm³/mol. The molecule has 4 rings (SSSR count). The van der Waals surface area contributed by atoms with Crippen molar-refractivity contribution in [1.29, 1.82) is 0 Å². The lowest BCUT2D eigenvalue weighted by Gasteiger charge is -2.21. The number of nitrogens with one attached hydrogen (secondary N) is 1. The van der Waals surface area contributed by atoms with Crippen LogP contribution in [-0.4, -0.2) is 48.2 Å². The van der Waals surface area contributed by atoms with Gasteiger partial charge in [-0.3, -0.25) is 0 Å². The molecule has 28 heavy (non-hydrogen) atoms. The second-order valence-electron chi connectivity index (χ2n) is 6.42. The summed E-state index contributed by atoms with van der Waals surface area (Å²) in [4.78, 5) is 8.17. The highest BCUT2D eigenvalue weighted by Crippen LogP contribution is 2.38. The number of fused-ring (bicyclic) bond motifs is 1. The van der Waals surface area contributed by atoms with Gasteiger partial charge in [0.1, 0.15) is 42.2 Å². The van der Waals surface area contributed by atoms with Crippen LogP contribution in [0, 0.1) is 5.82 Å². The standard InChI is InChI=1S/C17H17ClFN5O4/c18-9-5-7(1-2-10(9)19)11(25)14-12(26)13(27)17(28-14)24-4-3-8-15(23-20)21-6-22-16(8)24/h1-6,11-14,17,25-27H,20H2,(H,21,22,23)/t11?,12-,13+,14+,17+/m0/s1. The SMILES string of the molecule is NNc1ncnc2c1ccn2[C@@H]1O[C@H](C(O)c2ccc(F)c(Cl)c2)[C@@H](O)[C@H]1O. The van der Waals surface area contributed by atoms with Crippen LogP contribution >= 0.6 is 11.6 Å². The molecule has 11 heteroatoms. The third kappa shape index (κ3) is 3.00. The van der Waals surface area contributed by atoms with Gasteiger partial charge in [-0.1, -0.05) is 17.7 Å². The zero-order valence-electron chi connectivity index (χ0n) is 14.3. The Kier molecular flexibility index (Phi) is 4.91. The molecule has 0 amide bonds. The van der Waals surface area contributed by atoms with Crippen molar-refractivity contribution in [2.45, 2.75) is 30.6 Å². The van der Waals surface area contributed by atoms with Gasteiger partial charge in [0.2, 0.25) is 0 Å². The van der Waals surface area contributed by atoms with E-state index in [2.05, 4.69) is 15.4 Å². The Morgan fingerprint density at radius 2 is 2.04 bits per heavy atom. The fourth-order valence-electron chi connectivity index (χ4n) is 3.35. The molecule has 1 aliphatic heterocycles. The quantitative estimate of drug-likeness (QED) is 0.316. The molecule has 0 spiro atoms. The normalized spacial score (nSPS) is 25.9. The van der Waals surface area contributed by atoms with Gasteiger partial charge in [-0.2, -0.15) is 0 Å². The number of benzene rings is 1. The van der Waals surface area contributed by atoms with Crippen molar-refractivity contribution in [2.75, 3.05) is 5.43 Å². The number of hydrogen-bond acceptors (Lipinski definition) is 8. The van der Waals surface area contributed by atoms with E-state index in [4.69, 9.17) is 22.2 Å². The molecule has 2 aromatic heterocycles. The van der Waals surface area contributed by atoms with Gasteiger partial charge in [0.05, 0.1) is 10.4 Å². The lowest BCUT2D eigenvalue weighted by atomic mass is 9.99. The van der Waals surface area contributed by atoms with Gasteiger partial charge in [-0.05, 0) is 23.8 Å². The van der Waals surface area contributed by atoms with Crippen LogP contribution in [0.15, 0.2) is 36.8 Å². The van der Waals surface area contributed by atoms with Crippen LogP contribution in [0.5, 0.6) is 0 Å². The number of nitrogen functional groups attached to an aromatic ring is 1. The number of rotatable bonds is 4. The number of halogens is 2. The summed E-state index contributed by atoms with van der Waals surface area (Å²) in [5.74, 6) is 5.19. The summed E-state index contributed by atoms with van der Waals surface area (Å²) in [6.07, 6.45) is -3.41. The molecule has 0 bridgehead atoms. The van der Waals surface area contributed by atoms with Gasteiger partial charge in [0.25, 0.3) is 0 Å². The molecule has 0 saturated carbocycles. The van der Waals surface area contributed by atoms with E-state index in [0.717, 1.165) is 6.07 Å². The number of nitrogens with two attached hydrogens (primary N) is 1. The number of hydrazine groups is 1. The molecule has 3 aromatic rings. The number of ether oxygens (including phenoxy) is 1. The number of anilines is 1. The first-order chi connectivity index (χ1) is 13.4. The minimum atomic E-state index is -1.41. The summed E-state index contributed by atoms with van der Waals surface area (Å²) >= 11 is 5.76. The molecular weight excluding hydrogens is 393 g/mol. The van der Waals surface area contributed by atoms with Crippen molar-refractivity contribution in [3.63, 3.8) is 0 Å². The third-order valence-electron chi connectivity index (χ3n) is 4.79. The highest BCUT2D eigenvalue weighted by atomic mass is 35.5. The van der Waals surface area contributed by atoms with Gasteiger partial charge < -0.3 is 30.0 Å². The fraction of sp³-hybridized carbons (Fsp3) is 0.294. The molecule has 1 fully saturated rings. The van der Waals surface area contributed by atoms with Crippen LogP contribution in [0.2, 0.25) is 5.02 Å². The highest BCUT2D eigenvalue weighted by Gasteiger charge is 2.47. The Balaban J connectivity index is 1.65. The van der Waals surface area contributed by atoms with Gasteiger partial charge in [0, 0.05) is 6.20 Å². The van der Waals surface area contributed by atoms with E-state index in [1.54, 1.807) is 12.3 Å². The zero-order valence-corrected chi connectivity index (χ0v) is 15.0. The first kappa shape index (κ1) is 19.0. The number of nitrogens with zero attached hydrogens (tertiary/aromatic N) is 3. The van der Waals surface area contributed by atoms with Gasteiger partial charge in [-0.15, -0.1) is 0 Å². The van der Waals surface area contributed by atoms with Crippen LogP contribution in [0.25, 0.3) is 11.0 Å². The molecule has 0 aliphatic carbocycles. The van der Waals surface area contributed by atoms with Crippen LogP contribution in [0.4, 0.5) is 10.2 Å². The van der Waals surface area contributed by atoms with Gasteiger partial charge in [0.15, 0.2) is 12.0 Å². The van der Waals surface area contributed by atoms with E-state index in [-0.39, 0.29) is 10.6 Å². The van der Waals surface area contributed by atoms with Crippen molar-refractivity contribution in [3.05, 3.63) is 53.2 Å². The number of hydrogen-bond donors (Lipinski definition) is 5. The average Bonchev–Trinajstić information content (AvgIpc) is 3.25. The zero-order chi connectivity index (χ0) is 20.0. The summed E-state index contributed by atoms with van der Waals surface area (Å²) in [6.45, 7) is 0. The van der Waals surface area contributed by atoms with Crippen molar-refractivity contribution >= 4 is 28.5 Å². The minimum Gasteiger partial charge on any atom is -0.387 e.